The SMILES string of the molecule is N#Cc1ccccc1-c1ccc(C2(C#N)CCC2)nc1. The van der Waals surface area contributed by atoms with Crippen molar-refractivity contribution in [1.29, 1.82) is 10.5 Å². The average Bonchev–Trinajstić information content (AvgIpc) is 2.47. The maximum atomic E-state index is 9.33. The highest BCUT2D eigenvalue weighted by Crippen LogP contribution is 2.42. The van der Waals surface area contributed by atoms with Crippen molar-refractivity contribution in [2.24, 2.45) is 0 Å². The molecule has 3 heteroatoms. The predicted octanol–water partition coefficient (Wildman–Crippen LogP) is 3.57. The number of hydrogen-bond donors (Lipinski definition) is 0. The molecule has 3 nitrogen and oxygen atoms in total. The van der Waals surface area contributed by atoms with Crippen LogP contribution in [0.25, 0.3) is 11.1 Å². The Labute approximate surface area is 118 Å². The van der Waals surface area contributed by atoms with Crippen LogP contribution >= 0.6 is 0 Å². The molecule has 0 amide bonds. The molecule has 1 heterocycles. The van der Waals surface area contributed by atoms with Gasteiger partial charge in [-0.15, -0.1) is 0 Å². The van der Waals surface area contributed by atoms with Gasteiger partial charge in [0.15, 0.2) is 0 Å². The van der Waals surface area contributed by atoms with Gasteiger partial charge in [0.05, 0.1) is 28.8 Å². The second-order valence-electron chi connectivity index (χ2n) is 5.14. The topological polar surface area (TPSA) is 60.5 Å². The number of aromatic nitrogens is 1. The molecule has 0 N–H and O–H groups in total. The molecule has 20 heavy (non-hydrogen) atoms. The second kappa shape index (κ2) is 4.79. The van der Waals surface area contributed by atoms with Crippen LogP contribution in [0.15, 0.2) is 42.6 Å². The van der Waals surface area contributed by atoms with Crippen molar-refractivity contribution in [2.45, 2.75) is 24.7 Å². The highest BCUT2D eigenvalue weighted by molar-refractivity contribution is 5.69. The van der Waals surface area contributed by atoms with Crippen molar-refractivity contribution >= 4 is 0 Å². The van der Waals surface area contributed by atoms with Gasteiger partial charge in [0.25, 0.3) is 0 Å². The van der Waals surface area contributed by atoms with E-state index in [1.165, 1.54) is 0 Å². The minimum absolute atomic E-state index is 0.382. The lowest BCUT2D eigenvalue weighted by molar-refractivity contribution is 0.316. The number of benzene rings is 1. The van der Waals surface area contributed by atoms with Crippen molar-refractivity contribution in [2.75, 3.05) is 0 Å². The van der Waals surface area contributed by atoms with Gasteiger partial charge in [-0.3, -0.25) is 4.98 Å². The van der Waals surface area contributed by atoms with E-state index in [4.69, 9.17) is 5.26 Å². The molecule has 2 aromatic rings. The lowest BCUT2D eigenvalue weighted by Gasteiger charge is -2.34. The number of hydrogen-bond acceptors (Lipinski definition) is 3. The van der Waals surface area contributed by atoms with Crippen LogP contribution in [0, 0.1) is 22.7 Å². The van der Waals surface area contributed by atoms with E-state index in [9.17, 15) is 5.26 Å². The fourth-order valence-corrected chi connectivity index (χ4v) is 2.62. The van der Waals surface area contributed by atoms with E-state index in [2.05, 4.69) is 17.1 Å². The van der Waals surface area contributed by atoms with Crippen LogP contribution < -0.4 is 0 Å². The summed E-state index contributed by atoms with van der Waals surface area (Å²) in [5.41, 5.74) is 2.91. The summed E-state index contributed by atoms with van der Waals surface area (Å²) in [6, 6.07) is 15.9. The Balaban J connectivity index is 1.99. The van der Waals surface area contributed by atoms with Crippen molar-refractivity contribution in [3.63, 3.8) is 0 Å². The van der Waals surface area contributed by atoms with Gasteiger partial charge in [0.2, 0.25) is 0 Å². The molecule has 1 aliphatic carbocycles. The number of pyridine rings is 1. The van der Waals surface area contributed by atoms with E-state index in [0.717, 1.165) is 36.1 Å². The quantitative estimate of drug-likeness (QED) is 0.828. The lowest BCUT2D eigenvalue weighted by Crippen LogP contribution is -2.33. The minimum atomic E-state index is -0.382. The van der Waals surface area contributed by atoms with E-state index in [0.29, 0.717) is 5.56 Å². The van der Waals surface area contributed by atoms with E-state index >= 15 is 0 Å². The molecule has 0 aliphatic heterocycles. The normalized spacial score (nSPS) is 15.7. The zero-order chi connectivity index (χ0) is 14.0. The fourth-order valence-electron chi connectivity index (χ4n) is 2.62. The maximum Gasteiger partial charge on any atom is 0.0998 e. The third-order valence-electron chi connectivity index (χ3n) is 4.03. The molecule has 0 spiro atoms. The molecule has 96 valence electrons. The Kier molecular flexibility index (Phi) is 2.97. The summed E-state index contributed by atoms with van der Waals surface area (Å²) >= 11 is 0. The van der Waals surface area contributed by atoms with Gasteiger partial charge in [-0.25, -0.2) is 0 Å². The number of nitrogens with zero attached hydrogens (tertiary/aromatic N) is 3. The highest BCUT2D eigenvalue weighted by atomic mass is 14.7. The average molecular weight is 259 g/mol. The van der Waals surface area contributed by atoms with Gasteiger partial charge in [-0.2, -0.15) is 10.5 Å². The first-order chi connectivity index (χ1) is 9.79. The Morgan fingerprint density at radius 3 is 2.40 bits per heavy atom. The standard InChI is InChI=1S/C17H13N3/c18-10-13-4-1-2-5-15(13)14-6-7-16(20-11-14)17(12-19)8-3-9-17/h1-2,4-7,11H,3,8-9H2. The first-order valence-corrected chi connectivity index (χ1v) is 6.66. The highest BCUT2D eigenvalue weighted by Gasteiger charge is 2.40. The molecule has 0 saturated heterocycles. The van der Waals surface area contributed by atoms with Gasteiger partial charge in [-0.05, 0) is 31.4 Å². The molecule has 0 unspecified atom stereocenters. The summed E-state index contributed by atoms with van der Waals surface area (Å²) in [6.07, 6.45) is 4.65. The van der Waals surface area contributed by atoms with E-state index < -0.39 is 0 Å². The number of rotatable bonds is 2. The van der Waals surface area contributed by atoms with Crippen LogP contribution in [0.1, 0.15) is 30.5 Å². The zero-order valence-corrected chi connectivity index (χ0v) is 11.0. The van der Waals surface area contributed by atoms with Gasteiger partial charge in [0, 0.05) is 17.3 Å². The van der Waals surface area contributed by atoms with Crippen LogP contribution in [0.3, 0.4) is 0 Å². The summed E-state index contributed by atoms with van der Waals surface area (Å²) in [6.45, 7) is 0. The zero-order valence-electron chi connectivity index (χ0n) is 11.0. The molecule has 0 radical (unpaired) electrons. The summed E-state index contributed by atoms with van der Waals surface area (Å²) in [5.74, 6) is 0. The van der Waals surface area contributed by atoms with E-state index in [-0.39, 0.29) is 5.41 Å². The smallest absolute Gasteiger partial charge is 0.0998 e. The summed E-state index contributed by atoms with van der Waals surface area (Å²) < 4.78 is 0. The molecule has 1 aromatic carbocycles. The fraction of sp³-hybridized carbons (Fsp3) is 0.235. The van der Waals surface area contributed by atoms with Gasteiger partial charge in [0.1, 0.15) is 0 Å². The van der Waals surface area contributed by atoms with Crippen molar-refractivity contribution in [3.05, 3.63) is 53.9 Å². The maximum absolute atomic E-state index is 9.33. The van der Waals surface area contributed by atoms with E-state index in [1.807, 2.05) is 30.3 Å². The molecule has 1 aliphatic rings. The largest absolute Gasteiger partial charge is 0.259 e. The molecular formula is C17H13N3. The first-order valence-electron chi connectivity index (χ1n) is 6.66. The Morgan fingerprint density at radius 1 is 1.05 bits per heavy atom. The van der Waals surface area contributed by atoms with Gasteiger partial charge in [-0.1, -0.05) is 24.3 Å². The molecule has 1 fully saturated rings. The summed E-state index contributed by atoms with van der Waals surface area (Å²) in [4.78, 5) is 4.46. The minimum Gasteiger partial charge on any atom is -0.259 e. The van der Waals surface area contributed by atoms with Crippen molar-refractivity contribution < 1.29 is 0 Å². The van der Waals surface area contributed by atoms with Crippen LogP contribution in [-0.2, 0) is 5.41 Å². The van der Waals surface area contributed by atoms with Crippen LogP contribution in [-0.4, -0.2) is 4.98 Å². The monoisotopic (exact) mass is 259 g/mol. The molecule has 3 rings (SSSR count). The number of nitriles is 2. The Morgan fingerprint density at radius 2 is 1.85 bits per heavy atom. The third-order valence-corrected chi connectivity index (χ3v) is 4.03. The Bertz CT molecular complexity index is 713. The van der Waals surface area contributed by atoms with Gasteiger partial charge >= 0.3 is 0 Å². The van der Waals surface area contributed by atoms with Crippen molar-refractivity contribution in [1.82, 2.24) is 4.98 Å². The van der Waals surface area contributed by atoms with Crippen molar-refractivity contribution in [3.8, 4) is 23.3 Å². The predicted molar refractivity (Wildman–Crippen MR) is 75.5 cm³/mol. The van der Waals surface area contributed by atoms with Crippen LogP contribution in [0.2, 0.25) is 0 Å². The molecule has 0 atom stereocenters. The Hall–Kier alpha value is -2.65. The third kappa shape index (κ3) is 1.85. The van der Waals surface area contributed by atoms with E-state index in [1.54, 1.807) is 12.3 Å². The molecule has 0 bridgehead atoms. The summed E-state index contributed by atoms with van der Waals surface area (Å²) in [7, 11) is 0. The first kappa shape index (κ1) is 12.4. The second-order valence-corrected chi connectivity index (χ2v) is 5.14. The van der Waals surface area contributed by atoms with Crippen LogP contribution in [0.4, 0.5) is 0 Å². The summed E-state index contributed by atoms with van der Waals surface area (Å²) in [5, 5.41) is 18.5. The molecule has 1 aromatic heterocycles. The molecular weight excluding hydrogens is 246 g/mol. The van der Waals surface area contributed by atoms with Crippen LogP contribution in [0.5, 0.6) is 0 Å². The molecule has 1 saturated carbocycles. The lowest BCUT2D eigenvalue weighted by atomic mass is 9.67. The van der Waals surface area contributed by atoms with Gasteiger partial charge < -0.3 is 0 Å².